The minimum atomic E-state index is -3.72. The molecule has 7 heteroatoms. The molecule has 2 heterocycles. The highest BCUT2D eigenvalue weighted by Crippen LogP contribution is 2.34. The number of primary sulfonamides is 1. The lowest BCUT2D eigenvalue weighted by atomic mass is 10.1. The number of anilines is 2. The summed E-state index contributed by atoms with van der Waals surface area (Å²) in [6, 6.07) is 21.3. The molecule has 6 nitrogen and oxygen atoms in total. The number of fused-ring (bicyclic) bond motifs is 2. The molecule has 0 unspecified atom stereocenters. The largest absolute Gasteiger partial charge is 0.310 e. The van der Waals surface area contributed by atoms with Crippen molar-refractivity contribution >= 4 is 32.4 Å². The van der Waals surface area contributed by atoms with Gasteiger partial charge in [0, 0.05) is 24.0 Å². The third kappa shape index (κ3) is 3.24. The van der Waals surface area contributed by atoms with Gasteiger partial charge in [0.25, 0.3) is 0 Å². The second-order valence-corrected chi connectivity index (χ2v) is 8.60. The molecule has 0 spiro atoms. The van der Waals surface area contributed by atoms with Crippen LogP contribution in [0.2, 0.25) is 0 Å². The molecule has 0 radical (unpaired) electrons. The number of hydrogen-bond acceptors (Lipinski definition) is 5. The van der Waals surface area contributed by atoms with Crippen LogP contribution < -0.4 is 10.0 Å². The summed E-state index contributed by atoms with van der Waals surface area (Å²) in [4.78, 5) is 11.4. The van der Waals surface area contributed by atoms with E-state index in [2.05, 4.69) is 35.3 Å². The van der Waals surface area contributed by atoms with Gasteiger partial charge in [0.2, 0.25) is 16.0 Å². The summed E-state index contributed by atoms with van der Waals surface area (Å²) in [5, 5.41) is 7.60. The average molecular weight is 402 g/mol. The normalized spacial score (nSPS) is 13.6. The van der Waals surface area contributed by atoms with Crippen LogP contribution in [-0.2, 0) is 16.4 Å². The number of benzene rings is 3. The van der Waals surface area contributed by atoms with E-state index in [-0.39, 0.29) is 4.90 Å². The number of hydrogen-bond donors (Lipinski definition) is 1. The van der Waals surface area contributed by atoms with Crippen LogP contribution in [0.4, 0.5) is 11.6 Å². The summed E-state index contributed by atoms with van der Waals surface area (Å²) < 4.78 is 23.2. The first kappa shape index (κ1) is 17.8. The van der Waals surface area contributed by atoms with Gasteiger partial charge in [0.1, 0.15) is 0 Å². The van der Waals surface area contributed by atoms with E-state index in [4.69, 9.17) is 10.1 Å². The van der Waals surface area contributed by atoms with Crippen LogP contribution in [0.5, 0.6) is 0 Å². The molecule has 0 saturated carbocycles. The van der Waals surface area contributed by atoms with Crippen LogP contribution in [0.1, 0.15) is 5.56 Å². The van der Waals surface area contributed by atoms with E-state index in [1.54, 1.807) is 18.3 Å². The molecule has 5 rings (SSSR count). The lowest BCUT2D eigenvalue weighted by Gasteiger charge is -2.18. The van der Waals surface area contributed by atoms with Gasteiger partial charge in [0.05, 0.1) is 10.6 Å². The van der Waals surface area contributed by atoms with Gasteiger partial charge in [-0.1, -0.05) is 36.4 Å². The molecule has 0 saturated heterocycles. The predicted molar refractivity (Wildman–Crippen MR) is 113 cm³/mol. The molecule has 4 aromatic rings. The Balaban J connectivity index is 1.53. The fourth-order valence-corrected chi connectivity index (χ4v) is 4.31. The first-order valence-corrected chi connectivity index (χ1v) is 10.8. The molecule has 0 bridgehead atoms. The highest BCUT2D eigenvalue weighted by Gasteiger charge is 2.24. The molecule has 144 valence electrons. The lowest BCUT2D eigenvalue weighted by molar-refractivity contribution is 0.597. The van der Waals surface area contributed by atoms with Crippen LogP contribution in [0.25, 0.3) is 22.0 Å². The topological polar surface area (TPSA) is 89.2 Å². The quantitative estimate of drug-likeness (QED) is 0.565. The minimum absolute atomic E-state index is 0.129. The zero-order chi connectivity index (χ0) is 20.0. The molecular weight excluding hydrogens is 384 g/mol. The smallest absolute Gasteiger partial charge is 0.238 e. The standard InChI is InChI=1S/C22H18N4O2S/c23-29(27,28)19-7-8-21-18(14-19)10-12-26(21)22-24-11-9-20(25-22)17-6-5-15-3-1-2-4-16(15)13-17/h1-9,11,13-14H,10,12H2,(H2,23,27,28). The predicted octanol–water partition coefficient (Wildman–Crippen LogP) is 3.64. The van der Waals surface area contributed by atoms with Gasteiger partial charge in [-0.15, -0.1) is 0 Å². The maximum atomic E-state index is 11.6. The summed E-state index contributed by atoms with van der Waals surface area (Å²) in [5.74, 6) is 0.595. The summed E-state index contributed by atoms with van der Waals surface area (Å²) in [6.45, 7) is 0.685. The van der Waals surface area contributed by atoms with E-state index in [0.717, 1.165) is 27.9 Å². The van der Waals surface area contributed by atoms with E-state index in [0.29, 0.717) is 18.9 Å². The minimum Gasteiger partial charge on any atom is -0.310 e. The molecule has 1 aliphatic rings. The first-order valence-electron chi connectivity index (χ1n) is 9.24. The molecule has 2 N–H and O–H groups in total. The molecule has 0 atom stereocenters. The van der Waals surface area contributed by atoms with E-state index < -0.39 is 10.0 Å². The van der Waals surface area contributed by atoms with Gasteiger partial charge >= 0.3 is 0 Å². The zero-order valence-electron chi connectivity index (χ0n) is 15.5. The third-order valence-corrected chi connectivity index (χ3v) is 6.12. The molecule has 1 aliphatic heterocycles. The van der Waals surface area contributed by atoms with Crippen LogP contribution in [0, 0.1) is 0 Å². The number of nitrogens with zero attached hydrogens (tertiary/aromatic N) is 3. The van der Waals surface area contributed by atoms with Crippen LogP contribution in [0.15, 0.2) is 77.8 Å². The number of rotatable bonds is 3. The Morgan fingerprint density at radius 1 is 0.931 bits per heavy atom. The average Bonchev–Trinajstić information content (AvgIpc) is 3.16. The Morgan fingerprint density at radius 3 is 2.59 bits per heavy atom. The maximum Gasteiger partial charge on any atom is 0.238 e. The molecule has 1 aromatic heterocycles. The van der Waals surface area contributed by atoms with Gasteiger partial charge in [-0.05, 0) is 53.1 Å². The fraction of sp³-hybridized carbons (Fsp3) is 0.0909. The first-order chi connectivity index (χ1) is 14.0. The van der Waals surface area contributed by atoms with Crippen molar-refractivity contribution in [1.82, 2.24) is 9.97 Å². The zero-order valence-corrected chi connectivity index (χ0v) is 16.3. The van der Waals surface area contributed by atoms with Crippen molar-refractivity contribution in [2.24, 2.45) is 5.14 Å². The van der Waals surface area contributed by atoms with Crippen LogP contribution in [0.3, 0.4) is 0 Å². The molecule has 3 aromatic carbocycles. The maximum absolute atomic E-state index is 11.6. The van der Waals surface area contributed by atoms with Crippen LogP contribution >= 0.6 is 0 Å². The second kappa shape index (κ2) is 6.65. The molecule has 0 fully saturated rings. The Hall–Kier alpha value is -3.29. The van der Waals surface area contributed by atoms with Crippen molar-refractivity contribution in [2.45, 2.75) is 11.3 Å². The van der Waals surface area contributed by atoms with Crippen molar-refractivity contribution in [3.8, 4) is 11.3 Å². The van der Waals surface area contributed by atoms with Crippen LogP contribution in [-0.4, -0.2) is 24.9 Å². The SMILES string of the molecule is NS(=O)(=O)c1ccc2c(c1)CCN2c1nccc(-c2ccc3ccccc3c2)n1. The van der Waals surface area contributed by atoms with Gasteiger partial charge in [-0.25, -0.2) is 23.5 Å². The fourth-order valence-electron chi connectivity index (χ4n) is 3.75. The lowest BCUT2D eigenvalue weighted by Crippen LogP contribution is -2.16. The van der Waals surface area contributed by atoms with Gasteiger partial charge in [-0.3, -0.25) is 0 Å². The number of aromatic nitrogens is 2. The highest BCUT2D eigenvalue weighted by molar-refractivity contribution is 7.89. The Labute approximate surface area is 168 Å². The van der Waals surface area contributed by atoms with Crippen molar-refractivity contribution in [2.75, 3.05) is 11.4 Å². The molecule has 0 amide bonds. The van der Waals surface area contributed by atoms with Crippen molar-refractivity contribution in [3.63, 3.8) is 0 Å². The second-order valence-electron chi connectivity index (χ2n) is 7.04. The molecule has 0 aliphatic carbocycles. The van der Waals surface area contributed by atoms with Crippen molar-refractivity contribution in [3.05, 3.63) is 78.5 Å². The Bertz CT molecular complexity index is 1350. The summed E-state index contributed by atoms with van der Waals surface area (Å²) in [6.07, 6.45) is 2.46. The third-order valence-electron chi connectivity index (χ3n) is 5.20. The number of sulfonamides is 1. The number of nitrogens with two attached hydrogens (primary N) is 1. The summed E-state index contributed by atoms with van der Waals surface area (Å²) in [5.41, 5.74) is 3.70. The Kier molecular flexibility index (Phi) is 4.08. The molecule has 29 heavy (non-hydrogen) atoms. The van der Waals surface area contributed by atoms with E-state index in [1.807, 2.05) is 23.1 Å². The monoisotopic (exact) mass is 402 g/mol. The van der Waals surface area contributed by atoms with E-state index in [9.17, 15) is 8.42 Å². The van der Waals surface area contributed by atoms with Gasteiger partial charge < -0.3 is 4.90 Å². The van der Waals surface area contributed by atoms with E-state index in [1.165, 1.54) is 11.5 Å². The van der Waals surface area contributed by atoms with Crippen molar-refractivity contribution in [1.29, 1.82) is 0 Å². The van der Waals surface area contributed by atoms with Gasteiger partial charge in [0.15, 0.2) is 0 Å². The highest BCUT2D eigenvalue weighted by atomic mass is 32.2. The summed E-state index contributed by atoms with van der Waals surface area (Å²) in [7, 11) is -3.72. The Morgan fingerprint density at radius 2 is 1.76 bits per heavy atom. The van der Waals surface area contributed by atoms with Crippen molar-refractivity contribution < 1.29 is 8.42 Å². The molecular formula is C22H18N4O2S. The van der Waals surface area contributed by atoms with Gasteiger partial charge in [-0.2, -0.15) is 0 Å². The summed E-state index contributed by atoms with van der Waals surface area (Å²) >= 11 is 0. The van der Waals surface area contributed by atoms with E-state index >= 15 is 0 Å².